The first-order chi connectivity index (χ1) is 11.1. The van der Waals surface area contributed by atoms with Crippen LogP contribution in [0.1, 0.15) is 13.3 Å². The van der Waals surface area contributed by atoms with Gasteiger partial charge in [0.05, 0.1) is 17.7 Å². The van der Waals surface area contributed by atoms with Gasteiger partial charge < -0.3 is 4.90 Å². The fourth-order valence-electron chi connectivity index (χ4n) is 2.12. The number of thioether (sulfide) groups is 1. The lowest BCUT2D eigenvalue weighted by Gasteiger charge is -2.25. The molecular formula is C18H17BrN2OS. The minimum absolute atomic E-state index is 0.0133. The van der Waals surface area contributed by atoms with Crippen molar-refractivity contribution in [3.63, 3.8) is 0 Å². The second kappa shape index (κ2) is 8.76. The molecule has 2 aromatic rings. The first kappa shape index (κ1) is 17.6. The van der Waals surface area contributed by atoms with Crippen LogP contribution < -0.4 is 4.90 Å². The molecule has 1 amide bonds. The average molecular weight is 389 g/mol. The monoisotopic (exact) mass is 388 g/mol. The van der Waals surface area contributed by atoms with Gasteiger partial charge in [-0.25, -0.2) is 0 Å². The fourth-order valence-corrected chi connectivity index (χ4v) is 3.32. The van der Waals surface area contributed by atoms with Crippen LogP contribution in [0, 0.1) is 11.3 Å². The molecule has 0 aromatic heterocycles. The Labute approximate surface area is 149 Å². The summed E-state index contributed by atoms with van der Waals surface area (Å²) >= 11 is 4.93. The third-order valence-electron chi connectivity index (χ3n) is 3.26. The molecule has 0 aliphatic heterocycles. The van der Waals surface area contributed by atoms with Crippen molar-refractivity contribution in [2.75, 3.05) is 11.4 Å². The normalized spacial score (nSPS) is 11.5. The van der Waals surface area contributed by atoms with Crippen molar-refractivity contribution in [2.45, 2.75) is 23.5 Å². The minimum atomic E-state index is -0.227. The lowest BCUT2D eigenvalue weighted by Crippen LogP contribution is -2.37. The van der Waals surface area contributed by atoms with E-state index in [-0.39, 0.29) is 11.2 Å². The summed E-state index contributed by atoms with van der Waals surface area (Å²) < 4.78 is 1.01. The van der Waals surface area contributed by atoms with Crippen LogP contribution in [-0.4, -0.2) is 17.7 Å². The number of carbonyl (C=O) groups is 1. The molecule has 1 atom stereocenters. The number of benzene rings is 2. The van der Waals surface area contributed by atoms with Gasteiger partial charge in [0.2, 0.25) is 5.91 Å². The van der Waals surface area contributed by atoms with E-state index >= 15 is 0 Å². The Kier molecular flexibility index (Phi) is 6.69. The molecule has 118 valence electrons. The number of para-hydroxylation sites is 1. The first-order valence-electron chi connectivity index (χ1n) is 7.27. The number of carbonyl (C=O) groups excluding carboxylic acids is 1. The summed E-state index contributed by atoms with van der Waals surface area (Å²) in [4.78, 5) is 15.5. The molecule has 0 spiro atoms. The van der Waals surface area contributed by atoms with Crippen molar-refractivity contribution in [3.8, 4) is 6.07 Å². The maximum absolute atomic E-state index is 12.8. The van der Waals surface area contributed by atoms with E-state index in [1.165, 1.54) is 11.8 Å². The van der Waals surface area contributed by atoms with E-state index in [1.807, 2.05) is 61.5 Å². The average Bonchev–Trinajstić information content (AvgIpc) is 2.58. The molecule has 0 fully saturated rings. The zero-order valence-corrected chi connectivity index (χ0v) is 15.2. The van der Waals surface area contributed by atoms with Crippen LogP contribution in [-0.2, 0) is 4.79 Å². The number of anilines is 1. The Hall–Kier alpha value is -1.77. The lowest BCUT2D eigenvalue weighted by molar-refractivity contribution is -0.117. The van der Waals surface area contributed by atoms with Gasteiger partial charge >= 0.3 is 0 Å². The van der Waals surface area contributed by atoms with Crippen LogP contribution in [0.3, 0.4) is 0 Å². The molecule has 23 heavy (non-hydrogen) atoms. The molecule has 0 aliphatic rings. The summed E-state index contributed by atoms with van der Waals surface area (Å²) in [5, 5.41) is 8.62. The van der Waals surface area contributed by atoms with E-state index in [2.05, 4.69) is 22.0 Å². The second-order valence-corrected chi connectivity index (χ2v) is 7.28. The van der Waals surface area contributed by atoms with E-state index in [0.29, 0.717) is 13.0 Å². The lowest BCUT2D eigenvalue weighted by atomic mass is 10.2. The van der Waals surface area contributed by atoms with Crippen LogP contribution in [0.2, 0.25) is 0 Å². The number of nitriles is 1. The molecule has 0 N–H and O–H groups in total. The first-order valence-corrected chi connectivity index (χ1v) is 8.94. The molecule has 2 rings (SSSR count). The molecule has 0 aliphatic carbocycles. The summed E-state index contributed by atoms with van der Waals surface area (Å²) in [5.41, 5.74) is 0.830. The zero-order valence-electron chi connectivity index (χ0n) is 12.8. The van der Waals surface area contributed by atoms with Crippen LogP contribution in [0.4, 0.5) is 5.69 Å². The van der Waals surface area contributed by atoms with Crippen LogP contribution in [0.15, 0.2) is 64.0 Å². The predicted octanol–water partition coefficient (Wildman–Crippen LogP) is 4.88. The molecule has 1 unspecified atom stereocenters. The summed E-state index contributed by atoms with van der Waals surface area (Å²) in [6.45, 7) is 2.31. The maximum Gasteiger partial charge on any atom is 0.240 e. The molecular weight excluding hydrogens is 372 g/mol. The van der Waals surface area contributed by atoms with Gasteiger partial charge in [-0.15, -0.1) is 11.8 Å². The Bertz CT molecular complexity index is 682. The van der Waals surface area contributed by atoms with Crippen molar-refractivity contribution in [1.29, 1.82) is 5.26 Å². The summed E-state index contributed by atoms with van der Waals surface area (Å²) in [5.74, 6) is 0.0133. The Morgan fingerprint density at radius 2 is 1.87 bits per heavy atom. The van der Waals surface area contributed by atoms with Gasteiger partial charge in [0.25, 0.3) is 0 Å². The van der Waals surface area contributed by atoms with Crippen LogP contribution in [0.5, 0.6) is 0 Å². The summed E-state index contributed by atoms with van der Waals surface area (Å²) in [6.07, 6.45) is 0.316. The molecule has 0 heterocycles. The quantitative estimate of drug-likeness (QED) is 0.662. The highest BCUT2D eigenvalue weighted by atomic mass is 79.9. The Morgan fingerprint density at radius 1 is 1.22 bits per heavy atom. The molecule has 0 bridgehead atoms. The Morgan fingerprint density at radius 3 is 2.48 bits per heavy atom. The number of nitrogens with zero attached hydrogens (tertiary/aromatic N) is 2. The van der Waals surface area contributed by atoms with Crippen LogP contribution >= 0.6 is 27.7 Å². The van der Waals surface area contributed by atoms with Crippen molar-refractivity contribution in [1.82, 2.24) is 0 Å². The Balaban J connectivity index is 2.12. The van der Waals surface area contributed by atoms with Gasteiger partial charge in [0.15, 0.2) is 0 Å². The van der Waals surface area contributed by atoms with Crippen LogP contribution in [0.25, 0.3) is 0 Å². The third kappa shape index (κ3) is 5.12. The molecule has 3 nitrogen and oxygen atoms in total. The second-order valence-electron chi connectivity index (χ2n) is 4.95. The highest BCUT2D eigenvalue weighted by Gasteiger charge is 2.22. The van der Waals surface area contributed by atoms with Crippen molar-refractivity contribution in [3.05, 3.63) is 59.1 Å². The molecule has 0 radical (unpaired) electrons. The van der Waals surface area contributed by atoms with E-state index in [1.54, 1.807) is 4.90 Å². The highest BCUT2D eigenvalue weighted by Crippen LogP contribution is 2.27. The predicted molar refractivity (Wildman–Crippen MR) is 98.5 cm³/mol. The molecule has 5 heteroatoms. The van der Waals surface area contributed by atoms with E-state index in [9.17, 15) is 4.79 Å². The van der Waals surface area contributed by atoms with Crippen molar-refractivity contribution in [2.24, 2.45) is 0 Å². The maximum atomic E-state index is 12.8. The van der Waals surface area contributed by atoms with Gasteiger partial charge in [-0.1, -0.05) is 34.1 Å². The number of amides is 1. The molecule has 0 saturated carbocycles. The SMILES string of the molecule is CC(Sc1ccc(Br)cc1)C(=O)N(CCC#N)c1ccccc1. The summed E-state index contributed by atoms with van der Waals surface area (Å²) in [6, 6.07) is 19.5. The van der Waals surface area contributed by atoms with E-state index in [0.717, 1.165) is 15.1 Å². The zero-order chi connectivity index (χ0) is 16.7. The number of hydrogen-bond acceptors (Lipinski definition) is 3. The van der Waals surface area contributed by atoms with Gasteiger partial charge in [0.1, 0.15) is 0 Å². The number of rotatable bonds is 6. The van der Waals surface area contributed by atoms with Gasteiger partial charge in [-0.2, -0.15) is 5.26 Å². The summed E-state index contributed by atoms with van der Waals surface area (Å²) in [7, 11) is 0. The molecule has 2 aromatic carbocycles. The topological polar surface area (TPSA) is 44.1 Å². The van der Waals surface area contributed by atoms with Crippen molar-refractivity contribution < 1.29 is 4.79 Å². The van der Waals surface area contributed by atoms with Gasteiger partial charge in [-0.05, 0) is 43.3 Å². The minimum Gasteiger partial charge on any atom is -0.310 e. The highest BCUT2D eigenvalue weighted by molar-refractivity contribution is 9.10. The van der Waals surface area contributed by atoms with Crippen molar-refractivity contribution >= 4 is 39.3 Å². The fraction of sp³-hybridized carbons (Fsp3) is 0.222. The van der Waals surface area contributed by atoms with Gasteiger partial charge in [-0.3, -0.25) is 4.79 Å². The van der Waals surface area contributed by atoms with E-state index in [4.69, 9.17) is 5.26 Å². The number of halogens is 1. The molecule has 0 saturated heterocycles. The van der Waals surface area contributed by atoms with E-state index < -0.39 is 0 Å². The van der Waals surface area contributed by atoms with Gasteiger partial charge in [0, 0.05) is 21.6 Å². The standard InChI is InChI=1S/C18H17BrN2OS/c1-14(23-17-10-8-15(19)9-11-17)18(22)21(13-5-12-20)16-6-3-2-4-7-16/h2-4,6-11,14H,5,13H2,1H3. The third-order valence-corrected chi connectivity index (χ3v) is 4.88. The number of hydrogen-bond donors (Lipinski definition) is 0. The smallest absolute Gasteiger partial charge is 0.240 e. The largest absolute Gasteiger partial charge is 0.310 e.